The molecule has 0 saturated carbocycles. The first-order valence-electron chi connectivity index (χ1n) is 11.8. The van der Waals surface area contributed by atoms with Crippen LogP contribution in [0.2, 0.25) is 0 Å². The quantitative estimate of drug-likeness (QED) is 0.666. The van der Waals surface area contributed by atoms with Crippen molar-refractivity contribution >= 4 is 23.4 Å². The van der Waals surface area contributed by atoms with Gasteiger partial charge in [-0.25, -0.2) is 0 Å². The molecule has 3 heterocycles. The van der Waals surface area contributed by atoms with E-state index < -0.39 is 12.1 Å². The monoisotopic (exact) mass is 474 g/mol. The lowest BCUT2D eigenvalue weighted by Gasteiger charge is -2.36. The molecule has 0 spiro atoms. The summed E-state index contributed by atoms with van der Waals surface area (Å²) in [6.07, 6.45) is 6.54. The molecule has 1 unspecified atom stereocenters. The first kappa shape index (κ1) is 24.2. The molecule has 1 aromatic carbocycles. The van der Waals surface area contributed by atoms with Crippen LogP contribution < -0.4 is 10.2 Å². The maximum Gasteiger partial charge on any atom is 0.252 e. The Labute approximate surface area is 205 Å². The maximum absolute atomic E-state index is 14.1. The highest BCUT2D eigenvalue weighted by molar-refractivity contribution is 6.04. The minimum Gasteiger partial charge on any atom is -0.337 e. The third-order valence-electron chi connectivity index (χ3n) is 6.52. The highest BCUT2D eigenvalue weighted by Crippen LogP contribution is 2.34. The van der Waals surface area contributed by atoms with Gasteiger partial charge in [0.2, 0.25) is 5.91 Å². The molecule has 2 fully saturated rings. The molecule has 2 aliphatic heterocycles. The Kier molecular flexibility index (Phi) is 6.74. The molecule has 9 nitrogen and oxygen atoms in total. The van der Waals surface area contributed by atoms with Crippen LogP contribution in [-0.4, -0.2) is 58.3 Å². The van der Waals surface area contributed by atoms with Crippen molar-refractivity contribution in [1.29, 1.82) is 5.26 Å². The number of likely N-dealkylation sites (tertiary alicyclic amines) is 1. The first-order valence-corrected chi connectivity index (χ1v) is 11.8. The molecular formula is C26H30N6O3. The lowest BCUT2D eigenvalue weighted by atomic mass is 9.87. The van der Waals surface area contributed by atoms with Crippen molar-refractivity contribution in [2.24, 2.45) is 0 Å². The molecule has 1 N–H and O–H groups in total. The van der Waals surface area contributed by atoms with Crippen LogP contribution in [0.15, 0.2) is 48.8 Å². The number of hydrogen-bond donors (Lipinski definition) is 1. The molecule has 0 bridgehead atoms. The van der Waals surface area contributed by atoms with Gasteiger partial charge in [-0.2, -0.15) is 5.26 Å². The SMILES string of the molecule is CC(C)(C)c1ccc(N(C(=O)[C@H]2CCCN2C#N)C(C(=O)N2CNC(=O)C2)c2cccnc2)cc1. The number of benzene rings is 1. The minimum absolute atomic E-state index is 0.0751. The number of rotatable bonds is 5. The first-order chi connectivity index (χ1) is 16.7. The zero-order valence-electron chi connectivity index (χ0n) is 20.3. The fraction of sp³-hybridized carbons (Fsp3) is 0.423. The van der Waals surface area contributed by atoms with Crippen molar-refractivity contribution in [2.75, 3.05) is 24.7 Å². The van der Waals surface area contributed by atoms with E-state index in [-0.39, 0.29) is 36.3 Å². The molecule has 0 radical (unpaired) electrons. The average molecular weight is 475 g/mol. The summed E-state index contributed by atoms with van der Waals surface area (Å²) in [6, 6.07) is 9.36. The lowest BCUT2D eigenvalue weighted by Crippen LogP contribution is -2.51. The molecule has 2 aromatic rings. The predicted octanol–water partition coefficient (Wildman–Crippen LogP) is 2.31. The van der Waals surface area contributed by atoms with Crippen molar-refractivity contribution in [3.05, 3.63) is 59.9 Å². The van der Waals surface area contributed by atoms with Gasteiger partial charge in [-0.3, -0.25) is 29.2 Å². The molecular weight excluding hydrogens is 444 g/mol. The van der Waals surface area contributed by atoms with Gasteiger partial charge in [0.15, 0.2) is 6.19 Å². The smallest absolute Gasteiger partial charge is 0.252 e. The lowest BCUT2D eigenvalue weighted by molar-refractivity contribution is -0.135. The molecule has 4 rings (SSSR count). The molecule has 2 saturated heterocycles. The Hall–Kier alpha value is -3.93. The second kappa shape index (κ2) is 9.74. The average Bonchev–Trinajstić information content (AvgIpc) is 3.51. The van der Waals surface area contributed by atoms with Gasteiger partial charge in [0.05, 0.1) is 6.67 Å². The number of nitrogens with one attached hydrogen (secondary N) is 1. The van der Waals surface area contributed by atoms with Crippen LogP contribution in [0.3, 0.4) is 0 Å². The second-order valence-electron chi connectivity index (χ2n) is 9.94. The van der Waals surface area contributed by atoms with Gasteiger partial charge in [0.25, 0.3) is 11.8 Å². The number of carbonyl (C=O) groups excluding carboxylic acids is 3. The summed E-state index contributed by atoms with van der Waals surface area (Å²) >= 11 is 0. The van der Waals surface area contributed by atoms with Crippen LogP contribution in [-0.2, 0) is 19.8 Å². The number of carbonyl (C=O) groups is 3. The van der Waals surface area contributed by atoms with Gasteiger partial charge in [0.1, 0.15) is 18.6 Å². The summed E-state index contributed by atoms with van der Waals surface area (Å²) in [4.78, 5) is 48.3. The van der Waals surface area contributed by atoms with E-state index in [1.807, 2.05) is 24.3 Å². The predicted molar refractivity (Wildman–Crippen MR) is 130 cm³/mol. The third kappa shape index (κ3) is 4.97. The summed E-state index contributed by atoms with van der Waals surface area (Å²) in [6.45, 7) is 6.82. The minimum atomic E-state index is -1.04. The molecule has 182 valence electrons. The van der Waals surface area contributed by atoms with Crippen LogP contribution in [0.1, 0.15) is 50.8 Å². The summed E-state index contributed by atoms with van der Waals surface area (Å²) in [7, 11) is 0. The summed E-state index contributed by atoms with van der Waals surface area (Å²) in [5.41, 5.74) is 2.09. The van der Waals surface area contributed by atoms with Gasteiger partial charge >= 0.3 is 0 Å². The van der Waals surface area contributed by atoms with Crippen molar-refractivity contribution in [1.82, 2.24) is 20.1 Å². The van der Waals surface area contributed by atoms with Crippen molar-refractivity contribution < 1.29 is 14.4 Å². The van der Waals surface area contributed by atoms with Gasteiger partial charge in [-0.05, 0) is 42.0 Å². The number of anilines is 1. The van der Waals surface area contributed by atoms with Crippen molar-refractivity contribution in [2.45, 2.75) is 51.1 Å². The van der Waals surface area contributed by atoms with Crippen LogP contribution in [0.5, 0.6) is 0 Å². The van der Waals surface area contributed by atoms with Crippen LogP contribution in [0.4, 0.5) is 5.69 Å². The Morgan fingerprint density at radius 1 is 1.23 bits per heavy atom. The zero-order valence-corrected chi connectivity index (χ0v) is 20.3. The van der Waals surface area contributed by atoms with E-state index in [2.05, 4.69) is 37.3 Å². The molecule has 1 aromatic heterocycles. The topological polar surface area (TPSA) is 110 Å². The summed E-state index contributed by atoms with van der Waals surface area (Å²) in [5, 5.41) is 12.3. The highest BCUT2D eigenvalue weighted by Gasteiger charge is 2.42. The maximum atomic E-state index is 14.1. The van der Waals surface area contributed by atoms with Gasteiger partial charge in [-0.1, -0.05) is 39.0 Å². The Morgan fingerprint density at radius 2 is 1.97 bits per heavy atom. The highest BCUT2D eigenvalue weighted by atomic mass is 16.2. The number of amides is 3. The van der Waals surface area contributed by atoms with E-state index in [1.54, 1.807) is 24.5 Å². The molecule has 3 amide bonds. The number of aromatic nitrogens is 1. The normalized spacial score (nSPS) is 18.7. The van der Waals surface area contributed by atoms with Crippen LogP contribution in [0.25, 0.3) is 0 Å². The van der Waals surface area contributed by atoms with Crippen LogP contribution in [0, 0.1) is 11.5 Å². The fourth-order valence-electron chi connectivity index (χ4n) is 4.57. The molecule has 9 heteroatoms. The summed E-state index contributed by atoms with van der Waals surface area (Å²) in [5.74, 6) is -0.957. The number of hydrogen-bond acceptors (Lipinski definition) is 6. The van der Waals surface area contributed by atoms with Crippen molar-refractivity contribution in [3.63, 3.8) is 0 Å². The van der Waals surface area contributed by atoms with Gasteiger partial charge in [-0.15, -0.1) is 0 Å². The number of nitriles is 1. The largest absolute Gasteiger partial charge is 0.337 e. The van der Waals surface area contributed by atoms with Crippen LogP contribution >= 0.6 is 0 Å². The standard InChI is InChI=1S/C26H30N6O3/c1-26(2,3)19-8-10-20(11-9-19)32(24(34)21-7-5-13-30(21)16-27)23(18-6-4-12-28-14-18)25(35)31-15-22(33)29-17-31/h4,6,8-12,14,21,23H,5,7,13,15,17H2,1-3H3,(H,29,33)/t21-,23?/m1/s1. The van der Waals surface area contributed by atoms with E-state index >= 15 is 0 Å². The molecule has 2 atom stereocenters. The van der Waals surface area contributed by atoms with E-state index in [4.69, 9.17) is 0 Å². The third-order valence-corrected chi connectivity index (χ3v) is 6.52. The molecule has 0 aliphatic carbocycles. The molecule has 2 aliphatic rings. The zero-order chi connectivity index (χ0) is 25.2. The van der Waals surface area contributed by atoms with Gasteiger partial charge in [0, 0.05) is 30.2 Å². The van der Waals surface area contributed by atoms with E-state index in [0.29, 0.717) is 24.2 Å². The molecule has 35 heavy (non-hydrogen) atoms. The van der Waals surface area contributed by atoms with Crippen molar-refractivity contribution in [3.8, 4) is 6.19 Å². The summed E-state index contributed by atoms with van der Waals surface area (Å²) < 4.78 is 0. The fourth-order valence-corrected chi connectivity index (χ4v) is 4.57. The Bertz CT molecular complexity index is 1140. The van der Waals surface area contributed by atoms with E-state index in [1.165, 1.54) is 14.7 Å². The Balaban J connectivity index is 1.83. The number of nitrogens with zero attached hydrogens (tertiary/aromatic N) is 5. The van der Waals surface area contributed by atoms with E-state index in [9.17, 15) is 19.6 Å². The second-order valence-corrected chi connectivity index (χ2v) is 9.94. The van der Waals surface area contributed by atoms with E-state index in [0.717, 1.165) is 12.0 Å². The number of pyridine rings is 1. The Morgan fingerprint density at radius 3 is 2.54 bits per heavy atom. The van der Waals surface area contributed by atoms with Gasteiger partial charge < -0.3 is 10.2 Å².